The van der Waals surface area contributed by atoms with E-state index in [0.29, 0.717) is 0 Å². The molecule has 0 atom stereocenters. The van der Waals surface area contributed by atoms with Crippen molar-refractivity contribution in [2.45, 2.75) is 13.8 Å². The number of methoxy groups -OCH3 is 1. The van der Waals surface area contributed by atoms with Crippen LogP contribution in [0.15, 0.2) is 48.5 Å². The van der Waals surface area contributed by atoms with Crippen LogP contribution in [0.2, 0.25) is 0 Å². The van der Waals surface area contributed by atoms with Crippen LogP contribution in [0.4, 0.5) is 0 Å². The molecule has 0 fully saturated rings. The first-order valence-electron chi connectivity index (χ1n) is 6.54. The number of carbonyl (C=O) groups is 1. The van der Waals surface area contributed by atoms with Crippen LogP contribution in [0, 0.1) is 13.8 Å². The minimum atomic E-state index is 0.0112. The Balaban J connectivity index is 2.26. The zero-order valence-corrected chi connectivity index (χ0v) is 12.0. The summed E-state index contributed by atoms with van der Waals surface area (Å²) in [5, 5.41) is 0. The Morgan fingerprint density at radius 1 is 1.05 bits per heavy atom. The molecule has 0 saturated carbocycles. The lowest BCUT2D eigenvalue weighted by atomic mass is 10.0. The Hall–Kier alpha value is -2.35. The van der Waals surface area contributed by atoms with Gasteiger partial charge in [-0.1, -0.05) is 36.4 Å². The number of hydrogen-bond acceptors (Lipinski definition) is 2. The van der Waals surface area contributed by atoms with Crippen molar-refractivity contribution in [3.05, 3.63) is 70.8 Å². The molecule has 2 rings (SSSR count). The monoisotopic (exact) mass is 266 g/mol. The highest BCUT2D eigenvalue weighted by atomic mass is 16.5. The third-order valence-electron chi connectivity index (χ3n) is 3.23. The van der Waals surface area contributed by atoms with Crippen molar-refractivity contribution in [2.24, 2.45) is 0 Å². The van der Waals surface area contributed by atoms with Gasteiger partial charge in [0.15, 0.2) is 5.78 Å². The van der Waals surface area contributed by atoms with Crippen molar-refractivity contribution >= 4 is 11.9 Å². The zero-order chi connectivity index (χ0) is 14.5. The van der Waals surface area contributed by atoms with Crippen molar-refractivity contribution in [3.63, 3.8) is 0 Å². The molecule has 0 N–H and O–H groups in total. The van der Waals surface area contributed by atoms with Gasteiger partial charge in [-0.25, -0.2) is 0 Å². The number of rotatable bonds is 4. The molecule has 0 aromatic heterocycles. The lowest BCUT2D eigenvalue weighted by Crippen LogP contribution is -2.00. The van der Waals surface area contributed by atoms with E-state index in [1.807, 2.05) is 62.4 Å². The third kappa shape index (κ3) is 3.15. The van der Waals surface area contributed by atoms with E-state index in [1.165, 1.54) is 0 Å². The lowest BCUT2D eigenvalue weighted by Gasteiger charge is -2.09. The van der Waals surface area contributed by atoms with Crippen LogP contribution < -0.4 is 4.74 Å². The number of allylic oxidation sites excluding steroid dienone is 1. The van der Waals surface area contributed by atoms with Gasteiger partial charge in [0.05, 0.1) is 7.11 Å². The van der Waals surface area contributed by atoms with Gasteiger partial charge in [0.25, 0.3) is 0 Å². The third-order valence-corrected chi connectivity index (χ3v) is 3.23. The first-order chi connectivity index (χ1) is 9.61. The zero-order valence-electron chi connectivity index (χ0n) is 12.0. The lowest BCUT2D eigenvalue weighted by molar-refractivity contribution is 0.104. The highest BCUT2D eigenvalue weighted by molar-refractivity contribution is 6.08. The minimum Gasteiger partial charge on any atom is -0.496 e. The topological polar surface area (TPSA) is 26.3 Å². The molecule has 0 radical (unpaired) electrons. The number of carbonyl (C=O) groups excluding carboxylic acids is 1. The fourth-order valence-corrected chi connectivity index (χ4v) is 2.10. The average molecular weight is 266 g/mol. The van der Waals surface area contributed by atoms with Gasteiger partial charge in [0.1, 0.15) is 5.75 Å². The number of hydrogen-bond donors (Lipinski definition) is 0. The highest BCUT2D eigenvalue weighted by Crippen LogP contribution is 2.23. The second-order valence-corrected chi connectivity index (χ2v) is 4.75. The van der Waals surface area contributed by atoms with Crippen LogP contribution in [-0.4, -0.2) is 12.9 Å². The molecule has 0 aliphatic rings. The van der Waals surface area contributed by atoms with Gasteiger partial charge >= 0.3 is 0 Å². The quantitative estimate of drug-likeness (QED) is 0.612. The fraction of sp³-hybridized carbons (Fsp3) is 0.167. The molecule has 2 nitrogen and oxygen atoms in total. The van der Waals surface area contributed by atoms with Crippen LogP contribution in [0.5, 0.6) is 5.75 Å². The van der Waals surface area contributed by atoms with Crippen LogP contribution in [0.1, 0.15) is 27.0 Å². The molecule has 0 spiro atoms. The summed E-state index contributed by atoms with van der Waals surface area (Å²) >= 11 is 0. The molecule has 0 aliphatic heterocycles. The van der Waals surface area contributed by atoms with Crippen molar-refractivity contribution in [2.75, 3.05) is 7.11 Å². The van der Waals surface area contributed by atoms with Crippen molar-refractivity contribution < 1.29 is 9.53 Å². The smallest absolute Gasteiger partial charge is 0.186 e. The van der Waals surface area contributed by atoms with E-state index in [2.05, 4.69) is 0 Å². The van der Waals surface area contributed by atoms with Gasteiger partial charge in [-0.15, -0.1) is 0 Å². The fourth-order valence-electron chi connectivity index (χ4n) is 2.10. The highest BCUT2D eigenvalue weighted by Gasteiger charge is 2.09. The largest absolute Gasteiger partial charge is 0.496 e. The van der Waals surface area contributed by atoms with Crippen molar-refractivity contribution in [1.82, 2.24) is 0 Å². The van der Waals surface area contributed by atoms with E-state index in [9.17, 15) is 4.79 Å². The Kier molecular flexibility index (Phi) is 4.36. The number of ketones is 1. The van der Waals surface area contributed by atoms with E-state index < -0.39 is 0 Å². The second kappa shape index (κ2) is 6.20. The predicted molar refractivity (Wildman–Crippen MR) is 82.3 cm³/mol. The molecule has 20 heavy (non-hydrogen) atoms. The van der Waals surface area contributed by atoms with E-state index in [-0.39, 0.29) is 5.78 Å². The minimum absolute atomic E-state index is 0.0112. The summed E-state index contributed by atoms with van der Waals surface area (Å²) in [5.41, 5.74) is 3.63. The van der Waals surface area contributed by atoms with Gasteiger partial charge in [-0.05, 0) is 48.7 Å². The number of benzene rings is 2. The van der Waals surface area contributed by atoms with E-state index >= 15 is 0 Å². The van der Waals surface area contributed by atoms with Gasteiger partial charge in [0, 0.05) is 5.56 Å². The molecule has 0 aliphatic carbocycles. The number of aryl methyl sites for hydroxylation is 2. The second-order valence-electron chi connectivity index (χ2n) is 4.75. The molecule has 2 aromatic carbocycles. The van der Waals surface area contributed by atoms with Gasteiger partial charge < -0.3 is 4.74 Å². The molecule has 0 bridgehead atoms. The van der Waals surface area contributed by atoms with Crippen molar-refractivity contribution in [1.29, 1.82) is 0 Å². The average Bonchev–Trinajstić information content (AvgIpc) is 2.47. The molecule has 2 aromatic rings. The Morgan fingerprint density at radius 2 is 1.75 bits per heavy atom. The molecule has 2 heteroatoms. The summed E-state index contributed by atoms with van der Waals surface area (Å²) in [5.74, 6) is 0.822. The first-order valence-corrected chi connectivity index (χ1v) is 6.54. The Labute approximate surface area is 119 Å². The van der Waals surface area contributed by atoms with Crippen LogP contribution in [0.25, 0.3) is 6.08 Å². The van der Waals surface area contributed by atoms with E-state index in [1.54, 1.807) is 13.2 Å². The summed E-state index contributed by atoms with van der Waals surface area (Å²) in [7, 11) is 1.64. The molecular formula is C18H18O2. The Morgan fingerprint density at radius 3 is 2.40 bits per heavy atom. The summed E-state index contributed by atoms with van der Waals surface area (Å²) in [6.07, 6.45) is 3.45. The maximum Gasteiger partial charge on any atom is 0.186 e. The standard InChI is InChI=1S/C18H18O2/c1-13-12-18(20-3)14(2)11-16(13)17(19)10-9-15-7-5-4-6-8-15/h4-12H,1-3H3/b10-9+. The van der Waals surface area contributed by atoms with E-state index in [0.717, 1.165) is 28.0 Å². The van der Waals surface area contributed by atoms with Gasteiger partial charge in [0.2, 0.25) is 0 Å². The summed E-state index contributed by atoms with van der Waals surface area (Å²) < 4.78 is 5.26. The van der Waals surface area contributed by atoms with E-state index in [4.69, 9.17) is 4.74 Å². The normalized spacial score (nSPS) is 10.8. The predicted octanol–water partition coefficient (Wildman–Crippen LogP) is 4.21. The molecule has 102 valence electrons. The molecule has 0 amide bonds. The maximum absolute atomic E-state index is 12.3. The first kappa shape index (κ1) is 14.1. The summed E-state index contributed by atoms with van der Waals surface area (Å²) in [4.78, 5) is 12.3. The van der Waals surface area contributed by atoms with Gasteiger partial charge in [-0.2, -0.15) is 0 Å². The summed E-state index contributed by atoms with van der Waals surface area (Å²) in [6, 6.07) is 13.6. The maximum atomic E-state index is 12.3. The molecular weight excluding hydrogens is 248 g/mol. The van der Waals surface area contributed by atoms with Crippen molar-refractivity contribution in [3.8, 4) is 5.75 Å². The summed E-state index contributed by atoms with van der Waals surface area (Å²) in [6.45, 7) is 3.86. The number of ether oxygens (including phenoxy) is 1. The SMILES string of the molecule is COc1cc(C)c(C(=O)/C=C/c2ccccc2)cc1C. The molecule has 0 heterocycles. The molecule has 0 saturated heterocycles. The van der Waals surface area contributed by atoms with Crippen LogP contribution in [0.3, 0.4) is 0 Å². The van der Waals surface area contributed by atoms with Gasteiger partial charge in [-0.3, -0.25) is 4.79 Å². The Bertz CT molecular complexity index is 640. The molecule has 0 unspecified atom stereocenters. The van der Waals surface area contributed by atoms with Crippen LogP contribution in [-0.2, 0) is 0 Å². The van der Waals surface area contributed by atoms with Crippen LogP contribution >= 0.6 is 0 Å².